The Labute approximate surface area is 71.3 Å². The van der Waals surface area contributed by atoms with E-state index in [0.29, 0.717) is 0 Å². The summed E-state index contributed by atoms with van der Waals surface area (Å²) in [6.45, 7) is 13.8. The minimum atomic E-state index is 0.847. The molecule has 0 amide bonds. The van der Waals surface area contributed by atoms with E-state index >= 15 is 0 Å². The standard InChI is InChI=1S/C2H5N3.3C2H6/c1-2-4-5-3-1;3*1-2/h1-2H2,(H,3,4);3*1-2H3. The third-order valence-corrected chi connectivity index (χ3v) is 0.465. The van der Waals surface area contributed by atoms with Crippen LogP contribution in [0.25, 0.3) is 0 Å². The third kappa shape index (κ3) is 26.6. The molecule has 0 saturated carbocycles. The van der Waals surface area contributed by atoms with Crippen molar-refractivity contribution in [1.82, 2.24) is 5.43 Å². The lowest BCUT2D eigenvalue weighted by atomic mass is 10.7. The van der Waals surface area contributed by atoms with Gasteiger partial charge in [0.05, 0.1) is 13.1 Å². The highest BCUT2D eigenvalue weighted by molar-refractivity contribution is 4.45. The van der Waals surface area contributed by atoms with E-state index in [0.717, 1.165) is 13.1 Å². The fraction of sp³-hybridized carbons (Fsp3) is 1.00. The van der Waals surface area contributed by atoms with E-state index in [2.05, 4.69) is 15.8 Å². The molecule has 3 nitrogen and oxygen atoms in total. The van der Waals surface area contributed by atoms with Crippen molar-refractivity contribution in [2.75, 3.05) is 13.1 Å². The van der Waals surface area contributed by atoms with Crippen LogP contribution in [0.2, 0.25) is 0 Å². The van der Waals surface area contributed by atoms with Gasteiger partial charge in [0.25, 0.3) is 0 Å². The second-order valence-electron chi connectivity index (χ2n) is 0.873. The van der Waals surface area contributed by atoms with E-state index in [1.54, 1.807) is 0 Å². The van der Waals surface area contributed by atoms with Crippen molar-refractivity contribution < 1.29 is 0 Å². The Morgan fingerprint density at radius 1 is 0.909 bits per heavy atom. The summed E-state index contributed by atoms with van der Waals surface area (Å²) in [6, 6.07) is 0. The van der Waals surface area contributed by atoms with Gasteiger partial charge in [0, 0.05) is 0 Å². The maximum atomic E-state index is 3.60. The summed E-state index contributed by atoms with van der Waals surface area (Å²) in [5.74, 6) is 0. The molecule has 1 aliphatic rings. The molecule has 0 unspecified atom stereocenters. The summed E-state index contributed by atoms with van der Waals surface area (Å²) in [5.41, 5.74) is 2.68. The van der Waals surface area contributed by atoms with Crippen molar-refractivity contribution in [3.05, 3.63) is 0 Å². The average molecular weight is 161 g/mol. The minimum absolute atomic E-state index is 0.847. The molecule has 0 bridgehead atoms. The van der Waals surface area contributed by atoms with E-state index in [1.807, 2.05) is 41.5 Å². The van der Waals surface area contributed by atoms with Gasteiger partial charge < -0.3 is 0 Å². The Morgan fingerprint density at radius 3 is 1.45 bits per heavy atom. The second-order valence-corrected chi connectivity index (χ2v) is 0.873. The smallest absolute Gasteiger partial charge is 0.0810 e. The van der Waals surface area contributed by atoms with Gasteiger partial charge in [-0.1, -0.05) is 46.8 Å². The number of hydrogen-bond acceptors (Lipinski definition) is 3. The fourth-order valence-corrected chi connectivity index (χ4v) is 0.250. The number of hydrogen-bond donors (Lipinski definition) is 1. The van der Waals surface area contributed by atoms with Crippen LogP contribution in [-0.2, 0) is 0 Å². The van der Waals surface area contributed by atoms with Crippen molar-refractivity contribution in [1.29, 1.82) is 0 Å². The topological polar surface area (TPSA) is 36.8 Å². The Kier molecular flexibility index (Phi) is 52.3. The van der Waals surface area contributed by atoms with E-state index in [4.69, 9.17) is 0 Å². The van der Waals surface area contributed by atoms with Crippen LogP contribution in [0.1, 0.15) is 41.5 Å². The van der Waals surface area contributed by atoms with Gasteiger partial charge in [0.1, 0.15) is 0 Å². The highest BCUT2D eigenvalue weighted by Crippen LogP contribution is 1.76. The molecule has 0 aromatic carbocycles. The molecular formula is C8H23N3. The van der Waals surface area contributed by atoms with Crippen molar-refractivity contribution in [3.8, 4) is 0 Å². The van der Waals surface area contributed by atoms with E-state index in [9.17, 15) is 0 Å². The SMILES string of the molecule is C1CNN=N1.CC.CC.CC. The summed E-state index contributed by atoms with van der Waals surface area (Å²) in [5, 5.41) is 7.06. The molecule has 0 atom stereocenters. The van der Waals surface area contributed by atoms with Gasteiger partial charge in [-0.25, -0.2) is 0 Å². The Balaban J connectivity index is -0.0000000933. The predicted octanol–water partition coefficient (Wildman–Crippen LogP) is 3.04. The molecule has 0 radical (unpaired) electrons. The van der Waals surface area contributed by atoms with Crippen LogP contribution in [-0.4, -0.2) is 13.1 Å². The molecule has 3 heteroatoms. The maximum Gasteiger partial charge on any atom is 0.0810 e. The van der Waals surface area contributed by atoms with E-state index < -0.39 is 0 Å². The average Bonchev–Trinajstić information content (AvgIpc) is 2.71. The lowest BCUT2D eigenvalue weighted by Crippen LogP contribution is -1.99. The Bertz CT molecular complexity index is 47.3. The predicted molar refractivity (Wildman–Crippen MR) is 51.8 cm³/mol. The van der Waals surface area contributed by atoms with Gasteiger partial charge in [-0.3, -0.25) is 5.43 Å². The van der Waals surface area contributed by atoms with Gasteiger partial charge in [0.15, 0.2) is 0 Å². The highest BCUT2D eigenvalue weighted by Gasteiger charge is 1.84. The van der Waals surface area contributed by atoms with Crippen molar-refractivity contribution in [2.45, 2.75) is 41.5 Å². The maximum absolute atomic E-state index is 3.60. The zero-order chi connectivity index (χ0) is 9.54. The Morgan fingerprint density at radius 2 is 1.36 bits per heavy atom. The molecule has 0 aromatic heterocycles. The molecule has 70 valence electrons. The van der Waals surface area contributed by atoms with Crippen molar-refractivity contribution >= 4 is 0 Å². The van der Waals surface area contributed by atoms with Crippen LogP contribution in [0, 0.1) is 0 Å². The first-order chi connectivity index (χ1) is 5.50. The van der Waals surface area contributed by atoms with Crippen LogP contribution in [0.15, 0.2) is 10.3 Å². The molecule has 1 rings (SSSR count). The molecule has 0 fully saturated rings. The van der Waals surface area contributed by atoms with Crippen LogP contribution >= 0.6 is 0 Å². The molecule has 1 N–H and O–H groups in total. The normalized spacial score (nSPS) is 10.4. The lowest BCUT2D eigenvalue weighted by molar-refractivity contribution is 0.828. The molecule has 0 aromatic rings. The van der Waals surface area contributed by atoms with Crippen LogP contribution in [0.4, 0.5) is 0 Å². The summed E-state index contributed by atoms with van der Waals surface area (Å²) in [7, 11) is 0. The van der Waals surface area contributed by atoms with E-state index in [-0.39, 0.29) is 0 Å². The summed E-state index contributed by atoms with van der Waals surface area (Å²) < 4.78 is 0. The van der Waals surface area contributed by atoms with E-state index in [1.165, 1.54) is 0 Å². The van der Waals surface area contributed by atoms with Gasteiger partial charge in [-0.2, -0.15) is 5.11 Å². The van der Waals surface area contributed by atoms with Gasteiger partial charge in [-0.15, -0.1) is 0 Å². The van der Waals surface area contributed by atoms with Gasteiger partial charge in [0.2, 0.25) is 0 Å². The molecule has 1 heterocycles. The number of nitrogens with zero attached hydrogens (tertiary/aromatic N) is 2. The van der Waals surface area contributed by atoms with Crippen LogP contribution < -0.4 is 5.43 Å². The number of nitrogens with one attached hydrogen (secondary N) is 1. The number of rotatable bonds is 0. The monoisotopic (exact) mass is 161 g/mol. The fourth-order valence-electron chi connectivity index (χ4n) is 0.250. The summed E-state index contributed by atoms with van der Waals surface area (Å²) >= 11 is 0. The minimum Gasteiger partial charge on any atom is -0.290 e. The lowest BCUT2D eigenvalue weighted by Gasteiger charge is -1.72. The largest absolute Gasteiger partial charge is 0.290 e. The summed E-state index contributed by atoms with van der Waals surface area (Å²) in [4.78, 5) is 0. The van der Waals surface area contributed by atoms with Crippen molar-refractivity contribution in [2.24, 2.45) is 10.3 Å². The first-order valence-electron chi connectivity index (χ1n) is 4.59. The molecule has 1 aliphatic heterocycles. The quantitative estimate of drug-likeness (QED) is 0.582. The first kappa shape index (κ1) is 16.8. The second kappa shape index (κ2) is 34.3. The molecule has 0 aliphatic carbocycles. The van der Waals surface area contributed by atoms with Crippen LogP contribution in [0.3, 0.4) is 0 Å². The zero-order valence-corrected chi connectivity index (χ0v) is 8.81. The third-order valence-electron chi connectivity index (χ3n) is 0.465. The Hall–Kier alpha value is -0.600. The van der Waals surface area contributed by atoms with Gasteiger partial charge >= 0.3 is 0 Å². The molecule has 0 spiro atoms. The van der Waals surface area contributed by atoms with Crippen LogP contribution in [0.5, 0.6) is 0 Å². The van der Waals surface area contributed by atoms with Crippen molar-refractivity contribution in [3.63, 3.8) is 0 Å². The molecule has 11 heavy (non-hydrogen) atoms. The highest BCUT2D eigenvalue weighted by atomic mass is 15.5. The molecular weight excluding hydrogens is 138 g/mol. The zero-order valence-electron chi connectivity index (χ0n) is 8.81. The first-order valence-corrected chi connectivity index (χ1v) is 4.59. The van der Waals surface area contributed by atoms with Gasteiger partial charge in [-0.05, 0) is 0 Å². The summed E-state index contributed by atoms with van der Waals surface area (Å²) in [6.07, 6.45) is 0. The molecule has 0 saturated heterocycles.